The zero-order chi connectivity index (χ0) is 17.7. The summed E-state index contributed by atoms with van der Waals surface area (Å²) in [7, 11) is 0. The second-order valence-electron chi connectivity index (χ2n) is 5.06. The van der Waals surface area contributed by atoms with E-state index in [9.17, 15) is 19.8 Å². The Morgan fingerprint density at radius 1 is 1.38 bits per heavy atom. The fraction of sp³-hybridized carbons (Fsp3) is 0.294. The number of carbonyl (C=O) groups is 1. The molecule has 0 unspecified atom stereocenters. The SMILES string of the molecule is CCOC(=O)C[C@H](c1cccc(Br)c1)c1oc(CO)cc(=O)c1O. The molecular weight excluding hydrogens is 380 g/mol. The van der Waals surface area contributed by atoms with Crippen LogP contribution < -0.4 is 5.43 Å². The standard InChI is InChI=1S/C17H17BrO6/c1-2-23-15(21)8-13(10-4-3-5-11(18)6-10)17-16(22)14(20)7-12(9-19)24-17/h3-7,13,19,22H,2,8-9H2,1H3/t13-/m1/s1. The number of ether oxygens (including phenoxy) is 1. The summed E-state index contributed by atoms with van der Waals surface area (Å²) in [6.07, 6.45) is -0.115. The van der Waals surface area contributed by atoms with Crippen LogP contribution in [0.5, 0.6) is 5.75 Å². The van der Waals surface area contributed by atoms with Gasteiger partial charge in [0.2, 0.25) is 11.2 Å². The second kappa shape index (κ2) is 8.12. The Hall–Kier alpha value is -2.12. The molecule has 0 saturated carbocycles. The van der Waals surface area contributed by atoms with Crippen molar-refractivity contribution < 1.29 is 24.2 Å². The average molecular weight is 397 g/mol. The van der Waals surface area contributed by atoms with E-state index in [0.717, 1.165) is 10.5 Å². The van der Waals surface area contributed by atoms with Gasteiger partial charge in [0, 0.05) is 10.5 Å². The molecule has 0 aliphatic carbocycles. The number of benzene rings is 1. The normalized spacial score (nSPS) is 12.0. The number of carbonyl (C=O) groups excluding carboxylic acids is 1. The van der Waals surface area contributed by atoms with E-state index in [-0.39, 0.29) is 24.5 Å². The molecule has 2 N–H and O–H groups in total. The van der Waals surface area contributed by atoms with Crippen LogP contribution >= 0.6 is 15.9 Å². The highest BCUT2D eigenvalue weighted by Crippen LogP contribution is 2.34. The fourth-order valence-corrected chi connectivity index (χ4v) is 2.76. The number of aromatic hydroxyl groups is 1. The summed E-state index contributed by atoms with van der Waals surface area (Å²) in [5, 5.41) is 19.3. The van der Waals surface area contributed by atoms with Crippen molar-refractivity contribution in [1.82, 2.24) is 0 Å². The Balaban J connectivity index is 2.56. The van der Waals surface area contributed by atoms with Gasteiger partial charge in [-0.15, -0.1) is 0 Å². The van der Waals surface area contributed by atoms with Gasteiger partial charge in [-0.25, -0.2) is 0 Å². The largest absolute Gasteiger partial charge is 0.502 e. The average Bonchev–Trinajstić information content (AvgIpc) is 2.55. The second-order valence-corrected chi connectivity index (χ2v) is 5.98. The Labute approximate surface area is 146 Å². The summed E-state index contributed by atoms with van der Waals surface area (Å²) in [5.41, 5.74) is -0.0184. The van der Waals surface area contributed by atoms with E-state index in [4.69, 9.17) is 9.15 Å². The van der Waals surface area contributed by atoms with Crippen molar-refractivity contribution in [1.29, 1.82) is 0 Å². The lowest BCUT2D eigenvalue weighted by Crippen LogP contribution is -2.15. The van der Waals surface area contributed by atoms with Crippen LogP contribution in [0, 0.1) is 0 Å². The van der Waals surface area contributed by atoms with Crippen LogP contribution in [-0.4, -0.2) is 22.8 Å². The molecule has 2 aromatic rings. The first kappa shape index (κ1) is 18.2. The lowest BCUT2D eigenvalue weighted by molar-refractivity contribution is -0.143. The number of rotatable bonds is 6. The smallest absolute Gasteiger partial charge is 0.306 e. The van der Waals surface area contributed by atoms with Crippen LogP contribution in [0.1, 0.15) is 36.3 Å². The predicted molar refractivity (Wildman–Crippen MR) is 89.8 cm³/mol. The van der Waals surface area contributed by atoms with Crippen LogP contribution in [0.3, 0.4) is 0 Å². The van der Waals surface area contributed by atoms with Gasteiger partial charge in [0.05, 0.1) is 18.9 Å². The molecule has 0 radical (unpaired) electrons. The molecule has 0 aliphatic rings. The fourth-order valence-electron chi connectivity index (χ4n) is 2.34. The summed E-state index contributed by atoms with van der Waals surface area (Å²) < 4.78 is 11.2. The van der Waals surface area contributed by atoms with Gasteiger partial charge < -0.3 is 19.4 Å². The van der Waals surface area contributed by atoms with Crippen LogP contribution in [0.2, 0.25) is 0 Å². The lowest BCUT2D eigenvalue weighted by Gasteiger charge is -2.17. The maximum absolute atomic E-state index is 12.0. The number of hydrogen-bond acceptors (Lipinski definition) is 6. The Kier molecular flexibility index (Phi) is 6.16. The third kappa shape index (κ3) is 4.24. The lowest BCUT2D eigenvalue weighted by atomic mass is 9.92. The third-order valence-electron chi connectivity index (χ3n) is 3.40. The summed E-state index contributed by atoms with van der Waals surface area (Å²) in [4.78, 5) is 23.8. The maximum atomic E-state index is 12.0. The number of hydrogen-bond donors (Lipinski definition) is 2. The van der Waals surface area contributed by atoms with Crippen molar-refractivity contribution in [2.24, 2.45) is 0 Å². The minimum absolute atomic E-state index is 0.0108. The van der Waals surface area contributed by atoms with E-state index < -0.39 is 29.7 Å². The zero-order valence-electron chi connectivity index (χ0n) is 13.0. The maximum Gasteiger partial charge on any atom is 0.306 e. The van der Waals surface area contributed by atoms with Crippen LogP contribution in [0.15, 0.2) is 44.0 Å². The molecular formula is C17H17BrO6. The summed E-state index contributed by atoms with van der Waals surface area (Å²) in [6, 6.07) is 8.10. The predicted octanol–water partition coefficient (Wildman–Crippen LogP) is 2.69. The summed E-state index contributed by atoms with van der Waals surface area (Å²) in [5.74, 6) is -1.85. The first-order chi connectivity index (χ1) is 11.5. The molecule has 1 heterocycles. The van der Waals surface area contributed by atoms with Crippen LogP contribution in [0.4, 0.5) is 0 Å². The van der Waals surface area contributed by atoms with Crippen molar-refractivity contribution in [2.75, 3.05) is 6.61 Å². The van der Waals surface area contributed by atoms with Gasteiger partial charge in [0.15, 0.2) is 5.76 Å². The first-order valence-corrected chi connectivity index (χ1v) is 8.13. The minimum Gasteiger partial charge on any atom is -0.502 e. The van der Waals surface area contributed by atoms with E-state index in [1.165, 1.54) is 0 Å². The van der Waals surface area contributed by atoms with Crippen LogP contribution in [0.25, 0.3) is 0 Å². The Bertz CT molecular complexity index is 783. The molecule has 2 rings (SSSR count). The molecule has 1 aromatic carbocycles. The van der Waals surface area contributed by atoms with Crippen molar-refractivity contribution in [3.05, 3.63) is 62.1 Å². The zero-order valence-corrected chi connectivity index (χ0v) is 14.6. The molecule has 6 nitrogen and oxygen atoms in total. The third-order valence-corrected chi connectivity index (χ3v) is 3.89. The molecule has 1 aromatic heterocycles. The molecule has 0 fully saturated rings. The van der Waals surface area contributed by atoms with Gasteiger partial charge in [0.25, 0.3) is 0 Å². The van der Waals surface area contributed by atoms with E-state index >= 15 is 0 Å². The van der Waals surface area contributed by atoms with Crippen molar-refractivity contribution in [3.8, 4) is 5.75 Å². The number of aliphatic hydroxyl groups is 1. The van der Waals surface area contributed by atoms with E-state index in [1.54, 1.807) is 25.1 Å². The van der Waals surface area contributed by atoms with Gasteiger partial charge in [-0.2, -0.15) is 0 Å². The molecule has 0 aliphatic heterocycles. The number of halogens is 1. The molecule has 128 valence electrons. The summed E-state index contributed by atoms with van der Waals surface area (Å²) >= 11 is 3.35. The molecule has 1 atom stereocenters. The van der Waals surface area contributed by atoms with E-state index in [0.29, 0.717) is 5.56 Å². The van der Waals surface area contributed by atoms with Crippen molar-refractivity contribution >= 4 is 21.9 Å². The van der Waals surface area contributed by atoms with Crippen LogP contribution in [-0.2, 0) is 16.1 Å². The molecule has 0 amide bonds. The Morgan fingerprint density at radius 3 is 2.75 bits per heavy atom. The monoisotopic (exact) mass is 396 g/mol. The number of esters is 1. The van der Waals surface area contributed by atoms with E-state index in [2.05, 4.69) is 15.9 Å². The quantitative estimate of drug-likeness (QED) is 0.728. The van der Waals surface area contributed by atoms with Gasteiger partial charge in [0.1, 0.15) is 12.4 Å². The highest BCUT2D eigenvalue weighted by atomic mass is 79.9. The van der Waals surface area contributed by atoms with Gasteiger partial charge in [-0.3, -0.25) is 9.59 Å². The minimum atomic E-state index is -0.722. The molecule has 0 spiro atoms. The van der Waals surface area contributed by atoms with Crippen molar-refractivity contribution in [2.45, 2.75) is 25.9 Å². The van der Waals surface area contributed by atoms with Gasteiger partial charge in [-0.1, -0.05) is 28.1 Å². The molecule has 24 heavy (non-hydrogen) atoms. The topological polar surface area (TPSA) is 97.0 Å². The Morgan fingerprint density at radius 2 is 2.12 bits per heavy atom. The van der Waals surface area contributed by atoms with Gasteiger partial charge in [-0.05, 0) is 24.6 Å². The molecule has 0 bridgehead atoms. The highest BCUT2D eigenvalue weighted by Gasteiger charge is 2.26. The van der Waals surface area contributed by atoms with Crippen molar-refractivity contribution in [3.63, 3.8) is 0 Å². The first-order valence-electron chi connectivity index (χ1n) is 7.34. The number of aliphatic hydroxyl groups excluding tert-OH is 1. The van der Waals surface area contributed by atoms with Gasteiger partial charge >= 0.3 is 5.97 Å². The highest BCUT2D eigenvalue weighted by molar-refractivity contribution is 9.10. The molecule has 0 saturated heterocycles. The summed E-state index contributed by atoms with van der Waals surface area (Å²) in [6.45, 7) is 1.42. The molecule has 7 heteroatoms. The van der Waals surface area contributed by atoms with E-state index in [1.807, 2.05) is 6.07 Å².